The van der Waals surface area contributed by atoms with Crippen molar-refractivity contribution in [2.24, 2.45) is 5.11 Å². The van der Waals surface area contributed by atoms with Crippen LogP contribution in [0.2, 0.25) is 0 Å². The van der Waals surface area contributed by atoms with Crippen molar-refractivity contribution >= 4 is 0 Å². The van der Waals surface area contributed by atoms with Gasteiger partial charge in [-0.3, -0.25) is 0 Å². The van der Waals surface area contributed by atoms with Gasteiger partial charge in [-0.1, -0.05) is 11.0 Å². The summed E-state index contributed by atoms with van der Waals surface area (Å²) < 4.78 is 36.4. The summed E-state index contributed by atoms with van der Waals surface area (Å²) in [6.07, 6.45) is -3.69. The summed E-state index contributed by atoms with van der Waals surface area (Å²) in [7, 11) is 0. The fraction of sp³-hybridized carbons (Fsp3) is 0.222. The number of halogens is 3. The molecule has 7 heteroatoms. The number of rotatable bonds is 1. The normalized spacial score (nSPS) is 9.94. The monoisotopic (exact) mass is 226 g/mol. The Morgan fingerprint density at radius 3 is 2.69 bits per heavy atom. The van der Waals surface area contributed by atoms with Crippen LogP contribution in [0, 0.1) is 11.8 Å². The van der Waals surface area contributed by atoms with Gasteiger partial charge in [0, 0.05) is 11.1 Å². The Labute approximate surface area is 88.7 Å². The van der Waals surface area contributed by atoms with E-state index in [1.165, 1.54) is 0 Å². The Bertz CT molecular complexity index is 460. The van der Waals surface area contributed by atoms with Crippen molar-refractivity contribution in [1.29, 1.82) is 0 Å². The van der Waals surface area contributed by atoms with Crippen LogP contribution >= 0.6 is 0 Å². The van der Waals surface area contributed by atoms with E-state index < -0.39 is 11.7 Å². The average Bonchev–Trinajstić information content (AvgIpc) is 2.24. The van der Waals surface area contributed by atoms with Crippen LogP contribution in [0.15, 0.2) is 23.4 Å². The molecule has 1 rings (SSSR count). The molecule has 0 radical (unpaired) electrons. The summed E-state index contributed by atoms with van der Waals surface area (Å²) in [5, 5.41) is 3.14. The van der Waals surface area contributed by atoms with Crippen molar-refractivity contribution < 1.29 is 13.2 Å². The molecular formula is C9H5F3N4. The number of hydrogen-bond acceptors (Lipinski definition) is 2. The van der Waals surface area contributed by atoms with Crippen molar-refractivity contribution in [2.45, 2.75) is 6.18 Å². The lowest BCUT2D eigenvalue weighted by Gasteiger charge is -2.04. The molecule has 0 fully saturated rings. The minimum Gasteiger partial charge on any atom is -0.247 e. The fourth-order valence-electron chi connectivity index (χ4n) is 0.833. The first-order valence-corrected chi connectivity index (χ1v) is 4.07. The summed E-state index contributed by atoms with van der Waals surface area (Å²) in [5.74, 6) is 4.91. The van der Waals surface area contributed by atoms with Crippen molar-refractivity contribution in [2.75, 3.05) is 6.54 Å². The lowest BCUT2D eigenvalue weighted by molar-refractivity contribution is -0.137. The van der Waals surface area contributed by atoms with Gasteiger partial charge in [-0.2, -0.15) is 13.2 Å². The highest BCUT2D eigenvalue weighted by Crippen LogP contribution is 2.28. The largest absolute Gasteiger partial charge is 0.417 e. The van der Waals surface area contributed by atoms with Crippen LogP contribution in [0.4, 0.5) is 13.2 Å². The molecule has 0 unspecified atom stereocenters. The van der Waals surface area contributed by atoms with Gasteiger partial charge in [0.05, 0.1) is 12.1 Å². The lowest BCUT2D eigenvalue weighted by atomic mass is 10.2. The summed E-state index contributed by atoms with van der Waals surface area (Å²) in [5.41, 5.74) is 7.31. The number of alkyl halides is 3. The highest BCUT2D eigenvalue weighted by atomic mass is 19.4. The van der Waals surface area contributed by atoms with E-state index in [1.54, 1.807) is 0 Å². The van der Waals surface area contributed by atoms with Gasteiger partial charge >= 0.3 is 6.18 Å². The Morgan fingerprint density at radius 2 is 2.19 bits per heavy atom. The molecule has 1 heterocycles. The van der Waals surface area contributed by atoms with Crippen LogP contribution in [-0.2, 0) is 6.18 Å². The van der Waals surface area contributed by atoms with Crippen LogP contribution in [0.5, 0.6) is 0 Å². The van der Waals surface area contributed by atoms with Crippen LogP contribution in [0.1, 0.15) is 11.3 Å². The number of hydrogen-bond donors (Lipinski definition) is 0. The van der Waals surface area contributed by atoms with Crippen molar-refractivity contribution in [3.05, 3.63) is 40.0 Å². The third kappa shape index (κ3) is 3.52. The van der Waals surface area contributed by atoms with Crippen molar-refractivity contribution in [3.63, 3.8) is 0 Å². The van der Waals surface area contributed by atoms with Gasteiger partial charge in [-0.25, -0.2) is 4.98 Å². The van der Waals surface area contributed by atoms with E-state index in [2.05, 4.69) is 26.9 Å². The van der Waals surface area contributed by atoms with E-state index >= 15 is 0 Å². The summed E-state index contributed by atoms with van der Waals surface area (Å²) >= 11 is 0. The predicted octanol–water partition coefficient (Wildman–Crippen LogP) is 2.76. The lowest BCUT2D eigenvalue weighted by Crippen LogP contribution is -2.05. The number of aromatic nitrogens is 1. The second-order valence-corrected chi connectivity index (χ2v) is 2.62. The molecular weight excluding hydrogens is 221 g/mol. The average molecular weight is 226 g/mol. The molecule has 0 spiro atoms. The molecule has 0 aliphatic heterocycles. The molecule has 0 aromatic carbocycles. The number of azide groups is 1. The first kappa shape index (κ1) is 11.9. The van der Waals surface area contributed by atoms with Gasteiger partial charge in [0.15, 0.2) is 0 Å². The maximum absolute atomic E-state index is 12.1. The van der Waals surface area contributed by atoms with Gasteiger partial charge in [0.1, 0.15) is 5.69 Å². The third-order valence-corrected chi connectivity index (χ3v) is 1.52. The van der Waals surface area contributed by atoms with Gasteiger partial charge < -0.3 is 0 Å². The zero-order chi connectivity index (χ0) is 12.0. The predicted molar refractivity (Wildman–Crippen MR) is 50.1 cm³/mol. The van der Waals surface area contributed by atoms with Crippen LogP contribution < -0.4 is 0 Å². The second-order valence-electron chi connectivity index (χ2n) is 2.62. The zero-order valence-corrected chi connectivity index (χ0v) is 7.86. The molecule has 4 nitrogen and oxygen atoms in total. The highest BCUT2D eigenvalue weighted by molar-refractivity contribution is 5.30. The van der Waals surface area contributed by atoms with Crippen molar-refractivity contribution in [3.8, 4) is 11.8 Å². The molecule has 0 saturated heterocycles. The summed E-state index contributed by atoms with van der Waals surface area (Å²) in [6, 6.07) is 2.05. The minimum atomic E-state index is -4.40. The van der Waals surface area contributed by atoms with Crippen LogP contribution in [0.3, 0.4) is 0 Å². The quantitative estimate of drug-likeness (QED) is 0.314. The number of nitrogens with zero attached hydrogens (tertiary/aromatic N) is 4. The molecule has 1 aromatic heterocycles. The van der Waals surface area contributed by atoms with E-state index in [9.17, 15) is 13.2 Å². The molecule has 0 amide bonds. The van der Waals surface area contributed by atoms with Gasteiger partial charge in [-0.15, -0.1) is 0 Å². The zero-order valence-electron chi connectivity index (χ0n) is 7.86. The Hall–Kier alpha value is -2.19. The third-order valence-electron chi connectivity index (χ3n) is 1.52. The maximum Gasteiger partial charge on any atom is 0.417 e. The molecule has 82 valence electrons. The highest BCUT2D eigenvalue weighted by Gasteiger charge is 2.30. The molecule has 0 N–H and O–H groups in total. The second kappa shape index (κ2) is 5.05. The van der Waals surface area contributed by atoms with Crippen molar-refractivity contribution in [1.82, 2.24) is 4.98 Å². The topological polar surface area (TPSA) is 61.7 Å². The Morgan fingerprint density at radius 1 is 1.44 bits per heavy atom. The van der Waals surface area contributed by atoms with Gasteiger partial charge in [0.25, 0.3) is 0 Å². The van der Waals surface area contributed by atoms with E-state index in [-0.39, 0.29) is 12.2 Å². The van der Waals surface area contributed by atoms with E-state index in [0.29, 0.717) is 6.20 Å². The SMILES string of the molecule is [N-]=[N+]=NCC#Cc1ccc(C(F)(F)F)cn1. The Balaban J connectivity index is 2.78. The van der Waals surface area contributed by atoms with Crippen LogP contribution in [0.25, 0.3) is 10.4 Å². The first-order valence-electron chi connectivity index (χ1n) is 4.07. The van der Waals surface area contributed by atoms with E-state index in [1.807, 2.05) is 0 Å². The molecule has 1 aromatic rings. The molecule has 16 heavy (non-hydrogen) atoms. The van der Waals surface area contributed by atoms with Crippen LogP contribution in [-0.4, -0.2) is 11.5 Å². The van der Waals surface area contributed by atoms with E-state index in [0.717, 1.165) is 12.1 Å². The summed E-state index contributed by atoms with van der Waals surface area (Å²) in [6.45, 7) is -0.0425. The number of pyridine rings is 1. The molecule has 0 aliphatic rings. The Kier molecular flexibility index (Phi) is 3.75. The van der Waals surface area contributed by atoms with E-state index in [4.69, 9.17) is 5.53 Å². The summed E-state index contributed by atoms with van der Waals surface area (Å²) in [4.78, 5) is 5.98. The fourth-order valence-corrected chi connectivity index (χ4v) is 0.833. The first-order chi connectivity index (χ1) is 7.54. The molecule has 0 aliphatic carbocycles. The molecule has 0 bridgehead atoms. The standard InChI is InChI=1S/C9H5F3N4/c10-9(11,12)7-3-4-8(14-6-7)2-1-5-15-16-13/h3-4,6H,5H2. The smallest absolute Gasteiger partial charge is 0.247 e. The minimum absolute atomic E-state index is 0.0425. The maximum atomic E-state index is 12.1. The van der Waals surface area contributed by atoms with Gasteiger partial charge in [-0.05, 0) is 23.6 Å². The molecule has 0 atom stereocenters. The van der Waals surface area contributed by atoms with Gasteiger partial charge in [0.2, 0.25) is 0 Å². The molecule has 0 saturated carbocycles.